The SMILES string of the molecule is CCC(C)Nc1cc(C(=O)NCCc2ccc(Cl)cc2Cl)ncn1. The maximum absolute atomic E-state index is 12.2. The molecule has 0 saturated heterocycles. The fourth-order valence-electron chi connectivity index (χ4n) is 2.04. The van der Waals surface area contributed by atoms with Crippen LogP contribution in [-0.4, -0.2) is 28.5 Å². The van der Waals surface area contributed by atoms with E-state index in [4.69, 9.17) is 23.2 Å². The van der Waals surface area contributed by atoms with Crippen molar-refractivity contribution >= 4 is 34.9 Å². The van der Waals surface area contributed by atoms with Crippen LogP contribution in [0.15, 0.2) is 30.6 Å². The molecule has 0 bridgehead atoms. The molecule has 0 fully saturated rings. The Hall–Kier alpha value is -1.85. The van der Waals surface area contributed by atoms with Gasteiger partial charge in [0.2, 0.25) is 0 Å². The average Bonchev–Trinajstić information content (AvgIpc) is 2.56. The van der Waals surface area contributed by atoms with Gasteiger partial charge in [0.15, 0.2) is 0 Å². The minimum atomic E-state index is -0.241. The van der Waals surface area contributed by atoms with Gasteiger partial charge in [-0.05, 0) is 37.5 Å². The molecule has 0 spiro atoms. The molecule has 7 heteroatoms. The molecule has 128 valence electrons. The number of carbonyl (C=O) groups excluding carboxylic acids is 1. The molecule has 1 heterocycles. The summed E-state index contributed by atoms with van der Waals surface area (Å²) < 4.78 is 0. The molecule has 24 heavy (non-hydrogen) atoms. The first-order valence-corrected chi connectivity index (χ1v) is 8.56. The topological polar surface area (TPSA) is 66.9 Å². The zero-order valence-electron chi connectivity index (χ0n) is 13.6. The van der Waals surface area contributed by atoms with Gasteiger partial charge in [-0.15, -0.1) is 0 Å². The Morgan fingerprint density at radius 3 is 2.75 bits per heavy atom. The third kappa shape index (κ3) is 5.35. The molecule has 0 aliphatic rings. The molecule has 0 aliphatic carbocycles. The highest BCUT2D eigenvalue weighted by atomic mass is 35.5. The van der Waals surface area contributed by atoms with Crippen LogP contribution in [-0.2, 0) is 6.42 Å². The summed E-state index contributed by atoms with van der Waals surface area (Å²) in [4.78, 5) is 20.3. The standard InChI is InChI=1S/C17H20Cl2N4O/c1-3-11(2)23-16-9-15(21-10-22-16)17(24)20-7-6-12-4-5-13(18)8-14(12)19/h4-5,8-11H,3,6-7H2,1-2H3,(H,20,24)(H,21,22,23). The zero-order chi connectivity index (χ0) is 17.5. The van der Waals surface area contributed by atoms with Crippen LogP contribution in [0.1, 0.15) is 36.3 Å². The quantitative estimate of drug-likeness (QED) is 0.777. The second-order valence-electron chi connectivity index (χ2n) is 5.48. The second-order valence-corrected chi connectivity index (χ2v) is 6.33. The van der Waals surface area contributed by atoms with Crippen molar-refractivity contribution in [2.45, 2.75) is 32.7 Å². The minimum absolute atomic E-state index is 0.241. The number of benzene rings is 1. The lowest BCUT2D eigenvalue weighted by molar-refractivity contribution is 0.0949. The first-order valence-electron chi connectivity index (χ1n) is 7.80. The van der Waals surface area contributed by atoms with Gasteiger partial charge >= 0.3 is 0 Å². The van der Waals surface area contributed by atoms with Gasteiger partial charge in [0.25, 0.3) is 5.91 Å². The molecule has 2 rings (SSSR count). The predicted octanol–water partition coefficient (Wildman–Crippen LogP) is 3.97. The predicted molar refractivity (Wildman–Crippen MR) is 97.9 cm³/mol. The fraction of sp³-hybridized carbons (Fsp3) is 0.353. The number of nitrogens with one attached hydrogen (secondary N) is 2. The van der Waals surface area contributed by atoms with E-state index in [1.165, 1.54) is 6.33 Å². The average molecular weight is 367 g/mol. The van der Waals surface area contributed by atoms with Gasteiger partial charge in [0, 0.05) is 28.7 Å². The van der Waals surface area contributed by atoms with E-state index in [9.17, 15) is 4.79 Å². The molecule has 0 radical (unpaired) electrons. The number of aromatic nitrogens is 2. The number of amides is 1. The van der Waals surface area contributed by atoms with E-state index in [2.05, 4.69) is 34.4 Å². The first-order chi connectivity index (χ1) is 11.5. The summed E-state index contributed by atoms with van der Waals surface area (Å²) in [7, 11) is 0. The third-order valence-corrected chi connectivity index (χ3v) is 4.19. The largest absolute Gasteiger partial charge is 0.368 e. The van der Waals surface area contributed by atoms with E-state index in [0.29, 0.717) is 34.5 Å². The molecule has 1 unspecified atom stereocenters. The maximum Gasteiger partial charge on any atom is 0.270 e. The van der Waals surface area contributed by atoms with Crippen LogP contribution in [0.4, 0.5) is 5.82 Å². The van der Waals surface area contributed by atoms with Crippen LogP contribution in [0.5, 0.6) is 0 Å². The van der Waals surface area contributed by atoms with E-state index >= 15 is 0 Å². The summed E-state index contributed by atoms with van der Waals surface area (Å²) in [6.45, 7) is 4.59. The summed E-state index contributed by atoms with van der Waals surface area (Å²) in [6, 6.07) is 7.26. The van der Waals surface area contributed by atoms with E-state index in [1.54, 1.807) is 18.2 Å². The van der Waals surface area contributed by atoms with Crippen LogP contribution < -0.4 is 10.6 Å². The van der Waals surface area contributed by atoms with Crippen molar-refractivity contribution in [1.82, 2.24) is 15.3 Å². The molecule has 2 aromatic rings. The van der Waals surface area contributed by atoms with Crippen molar-refractivity contribution in [2.24, 2.45) is 0 Å². The molecular weight excluding hydrogens is 347 g/mol. The number of halogens is 2. The Balaban J connectivity index is 1.91. The zero-order valence-corrected chi connectivity index (χ0v) is 15.2. The van der Waals surface area contributed by atoms with E-state index in [1.807, 2.05) is 6.07 Å². The highest BCUT2D eigenvalue weighted by Gasteiger charge is 2.10. The minimum Gasteiger partial charge on any atom is -0.368 e. The van der Waals surface area contributed by atoms with Gasteiger partial charge in [0.1, 0.15) is 17.8 Å². The van der Waals surface area contributed by atoms with Crippen LogP contribution in [0, 0.1) is 0 Å². The van der Waals surface area contributed by atoms with Gasteiger partial charge in [-0.1, -0.05) is 36.2 Å². The number of anilines is 1. The van der Waals surface area contributed by atoms with Crippen LogP contribution >= 0.6 is 23.2 Å². The molecule has 1 atom stereocenters. The van der Waals surface area contributed by atoms with Crippen molar-refractivity contribution in [3.05, 3.63) is 51.9 Å². The summed E-state index contributed by atoms with van der Waals surface area (Å²) >= 11 is 12.0. The first kappa shape index (κ1) is 18.5. The van der Waals surface area contributed by atoms with Gasteiger partial charge < -0.3 is 10.6 Å². The lowest BCUT2D eigenvalue weighted by Crippen LogP contribution is -2.27. The van der Waals surface area contributed by atoms with Crippen molar-refractivity contribution < 1.29 is 4.79 Å². The Bertz CT molecular complexity index is 709. The van der Waals surface area contributed by atoms with Crippen molar-refractivity contribution in [1.29, 1.82) is 0 Å². The molecule has 0 saturated carbocycles. The number of rotatable bonds is 7. The van der Waals surface area contributed by atoms with Crippen molar-refractivity contribution in [3.63, 3.8) is 0 Å². The summed E-state index contributed by atoms with van der Waals surface area (Å²) in [6.07, 6.45) is 2.97. The molecule has 2 N–H and O–H groups in total. The second kappa shape index (κ2) is 8.85. The number of nitrogens with zero attached hydrogens (tertiary/aromatic N) is 2. The fourth-order valence-corrected chi connectivity index (χ4v) is 2.54. The molecule has 0 aliphatic heterocycles. The Kier molecular flexibility index (Phi) is 6.82. The third-order valence-electron chi connectivity index (χ3n) is 3.60. The maximum atomic E-state index is 12.2. The number of carbonyl (C=O) groups is 1. The highest BCUT2D eigenvalue weighted by molar-refractivity contribution is 6.35. The van der Waals surface area contributed by atoms with Crippen LogP contribution in [0.25, 0.3) is 0 Å². The molecule has 1 amide bonds. The number of hydrogen-bond acceptors (Lipinski definition) is 4. The summed E-state index contributed by atoms with van der Waals surface area (Å²) in [5, 5.41) is 7.24. The molecule has 1 aromatic heterocycles. The van der Waals surface area contributed by atoms with Crippen molar-refractivity contribution in [2.75, 3.05) is 11.9 Å². The van der Waals surface area contributed by atoms with Gasteiger partial charge in [-0.2, -0.15) is 0 Å². The normalized spacial score (nSPS) is 11.8. The smallest absolute Gasteiger partial charge is 0.270 e. The van der Waals surface area contributed by atoms with Crippen LogP contribution in [0.3, 0.4) is 0 Å². The van der Waals surface area contributed by atoms with E-state index < -0.39 is 0 Å². The monoisotopic (exact) mass is 366 g/mol. The Labute approximate surface area is 151 Å². The highest BCUT2D eigenvalue weighted by Crippen LogP contribution is 2.21. The number of hydrogen-bond donors (Lipinski definition) is 2. The van der Waals surface area contributed by atoms with E-state index in [-0.39, 0.29) is 11.9 Å². The summed E-state index contributed by atoms with van der Waals surface area (Å²) in [5.74, 6) is 0.403. The molecule has 5 nitrogen and oxygen atoms in total. The van der Waals surface area contributed by atoms with Gasteiger partial charge in [0.05, 0.1) is 0 Å². The lowest BCUT2D eigenvalue weighted by atomic mass is 10.1. The summed E-state index contributed by atoms with van der Waals surface area (Å²) in [5.41, 5.74) is 1.26. The van der Waals surface area contributed by atoms with Gasteiger partial charge in [-0.3, -0.25) is 4.79 Å². The molecule has 1 aromatic carbocycles. The van der Waals surface area contributed by atoms with E-state index in [0.717, 1.165) is 12.0 Å². The van der Waals surface area contributed by atoms with Gasteiger partial charge in [-0.25, -0.2) is 9.97 Å². The lowest BCUT2D eigenvalue weighted by Gasteiger charge is -2.12. The molecular formula is C17H20Cl2N4O. The Morgan fingerprint density at radius 2 is 2.04 bits per heavy atom. The Morgan fingerprint density at radius 1 is 1.25 bits per heavy atom. The van der Waals surface area contributed by atoms with Crippen LogP contribution in [0.2, 0.25) is 10.0 Å². The van der Waals surface area contributed by atoms with Crippen molar-refractivity contribution in [3.8, 4) is 0 Å².